The fourth-order valence-corrected chi connectivity index (χ4v) is 5.85. The molecule has 0 radical (unpaired) electrons. The van der Waals surface area contributed by atoms with Gasteiger partial charge in [-0.3, -0.25) is 10.6 Å². The Morgan fingerprint density at radius 2 is 1.37 bits per heavy atom. The minimum atomic E-state index is -0.838. The van der Waals surface area contributed by atoms with Crippen molar-refractivity contribution in [1.29, 1.82) is 0 Å². The zero-order valence-corrected chi connectivity index (χ0v) is 29.2. The summed E-state index contributed by atoms with van der Waals surface area (Å²) in [6.45, 7) is 12.9. The number of rotatable bonds is 9. The van der Waals surface area contributed by atoms with Gasteiger partial charge in [0.25, 0.3) is 0 Å². The largest absolute Gasteiger partial charge is 0.444 e. The number of benzene rings is 3. The van der Waals surface area contributed by atoms with Gasteiger partial charge >= 0.3 is 12.2 Å². The Bertz CT molecular complexity index is 1630. The summed E-state index contributed by atoms with van der Waals surface area (Å²) in [6.07, 6.45) is 0.710. The molecule has 0 unspecified atom stereocenters. The Balaban J connectivity index is 1.50. The van der Waals surface area contributed by atoms with Gasteiger partial charge in [0.15, 0.2) is 0 Å². The maximum atomic E-state index is 13.1. The van der Waals surface area contributed by atoms with Crippen molar-refractivity contribution in [2.24, 2.45) is 4.99 Å². The quantitative estimate of drug-likeness (QED) is 0.0764. The van der Waals surface area contributed by atoms with Gasteiger partial charge in [-0.05, 0) is 71.2 Å². The van der Waals surface area contributed by atoms with Gasteiger partial charge in [0.2, 0.25) is 5.96 Å². The highest BCUT2D eigenvalue weighted by atomic mass is 16.6. The highest BCUT2D eigenvalue weighted by Crippen LogP contribution is 2.37. The molecule has 2 heterocycles. The number of guanidine groups is 1. The number of fused-ring (bicyclic) bond motifs is 1. The minimum Gasteiger partial charge on any atom is -0.444 e. The molecule has 1 aromatic heterocycles. The Morgan fingerprint density at radius 3 is 1.88 bits per heavy atom. The summed E-state index contributed by atoms with van der Waals surface area (Å²) in [5.41, 5.74) is 1.74. The van der Waals surface area contributed by atoms with Crippen molar-refractivity contribution in [2.75, 3.05) is 29.9 Å². The average Bonchev–Trinajstić information content (AvgIpc) is 3.67. The zero-order chi connectivity index (χ0) is 35.1. The number of anilines is 2. The highest BCUT2D eigenvalue weighted by Gasteiger charge is 2.36. The van der Waals surface area contributed by atoms with Crippen molar-refractivity contribution in [3.05, 3.63) is 114 Å². The third kappa shape index (κ3) is 8.85. The van der Waals surface area contributed by atoms with Crippen LogP contribution in [0.2, 0.25) is 0 Å². The van der Waals surface area contributed by atoms with Crippen molar-refractivity contribution in [2.45, 2.75) is 71.2 Å². The Labute approximate surface area is 288 Å². The van der Waals surface area contributed by atoms with Crippen LogP contribution in [0.5, 0.6) is 0 Å². The monoisotopic (exact) mass is 665 g/mol. The third-order valence-electron chi connectivity index (χ3n) is 7.76. The lowest BCUT2D eigenvalue weighted by Crippen LogP contribution is -2.49. The summed E-state index contributed by atoms with van der Waals surface area (Å²) in [6, 6.07) is 31.2. The number of hydrogen-bond acceptors (Lipinski definition) is 7. The van der Waals surface area contributed by atoms with Crippen LogP contribution in [0.4, 0.5) is 21.1 Å². The van der Waals surface area contributed by atoms with Gasteiger partial charge in [-0.2, -0.15) is 5.10 Å². The number of carbonyl (C=O) groups excluding carboxylic acids is 2. The van der Waals surface area contributed by atoms with Crippen LogP contribution in [-0.2, 0) is 21.6 Å². The number of nitrogens with zero attached hydrogens (tertiary/aromatic N) is 4. The maximum absolute atomic E-state index is 13.1. The number of amides is 2. The highest BCUT2D eigenvalue weighted by molar-refractivity contribution is 6.08. The van der Waals surface area contributed by atoms with Gasteiger partial charge in [-0.15, -0.1) is 4.99 Å². The second kappa shape index (κ2) is 14.9. The first-order chi connectivity index (χ1) is 23.4. The molecule has 3 aromatic carbocycles. The van der Waals surface area contributed by atoms with Gasteiger partial charge in [0.1, 0.15) is 22.7 Å². The van der Waals surface area contributed by atoms with Gasteiger partial charge in [0, 0.05) is 13.1 Å². The molecule has 1 aliphatic heterocycles. The van der Waals surface area contributed by atoms with E-state index in [2.05, 4.69) is 98.8 Å². The number of ether oxygens (including phenoxy) is 2. The van der Waals surface area contributed by atoms with Crippen LogP contribution in [0.3, 0.4) is 0 Å². The first kappa shape index (κ1) is 35.2. The minimum absolute atomic E-state index is 0.0200. The van der Waals surface area contributed by atoms with E-state index in [0.717, 1.165) is 22.5 Å². The topological polar surface area (TPSA) is 122 Å². The van der Waals surface area contributed by atoms with Crippen LogP contribution in [-0.4, -0.2) is 58.8 Å². The fourth-order valence-electron chi connectivity index (χ4n) is 5.85. The zero-order valence-electron chi connectivity index (χ0n) is 29.2. The van der Waals surface area contributed by atoms with E-state index < -0.39 is 28.9 Å². The van der Waals surface area contributed by atoms with Gasteiger partial charge < -0.3 is 19.7 Å². The molecule has 11 heteroatoms. The first-order valence-electron chi connectivity index (χ1n) is 16.7. The van der Waals surface area contributed by atoms with E-state index in [4.69, 9.17) is 9.47 Å². The lowest BCUT2D eigenvalue weighted by Gasteiger charge is -2.37. The molecule has 3 N–H and O–H groups in total. The van der Waals surface area contributed by atoms with Crippen LogP contribution in [0.25, 0.3) is 0 Å². The number of carbonyl (C=O) groups is 2. The van der Waals surface area contributed by atoms with Gasteiger partial charge in [-0.25, -0.2) is 14.3 Å². The van der Waals surface area contributed by atoms with E-state index in [1.165, 1.54) is 0 Å². The summed E-state index contributed by atoms with van der Waals surface area (Å²) < 4.78 is 13.0. The van der Waals surface area contributed by atoms with Crippen LogP contribution in [0, 0.1) is 0 Å². The van der Waals surface area contributed by atoms with Crippen LogP contribution in [0.15, 0.2) is 102 Å². The maximum Gasteiger partial charge on any atom is 0.437 e. The summed E-state index contributed by atoms with van der Waals surface area (Å²) >= 11 is 0. The second-order valence-electron chi connectivity index (χ2n) is 13.9. The normalized spacial score (nSPS) is 13.3. The second-order valence-corrected chi connectivity index (χ2v) is 13.9. The average molecular weight is 666 g/mol. The predicted octanol–water partition coefficient (Wildman–Crippen LogP) is 6.90. The Kier molecular flexibility index (Phi) is 10.7. The summed E-state index contributed by atoms with van der Waals surface area (Å²) in [5, 5.41) is 14.6. The molecule has 0 saturated heterocycles. The molecule has 5 rings (SSSR count). The molecule has 2 amide bonds. The van der Waals surface area contributed by atoms with E-state index in [0.29, 0.717) is 38.3 Å². The molecule has 258 valence electrons. The molecule has 0 fully saturated rings. The number of alkyl carbamates (subject to hydrolysis) is 1. The Morgan fingerprint density at radius 1 is 0.837 bits per heavy atom. The molecular weight excluding hydrogens is 618 g/mol. The van der Waals surface area contributed by atoms with Crippen molar-refractivity contribution in [3.63, 3.8) is 0 Å². The lowest BCUT2D eigenvalue weighted by molar-refractivity contribution is 0.0561. The van der Waals surface area contributed by atoms with E-state index in [9.17, 15) is 9.59 Å². The fraction of sp³-hybridized carbons (Fsp3) is 0.368. The molecule has 49 heavy (non-hydrogen) atoms. The molecule has 0 spiro atoms. The molecule has 4 aromatic rings. The molecule has 0 saturated carbocycles. The van der Waals surface area contributed by atoms with Crippen molar-refractivity contribution in [3.8, 4) is 0 Å². The molecular formula is C38H47N7O4. The van der Waals surface area contributed by atoms with Gasteiger partial charge in [0.05, 0.1) is 18.3 Å². The number of nitrogens with one attached hydrogen (secondary N) is 3. The summed E-state index contributed by atoms with van der Waals surface area (Å²) in [5.74, 6) is 0.747. The van der Waals surface area contributed by atoms with Gasteiger partial charge in [-0.1, -0.05) is 91.0 Å². The summed E-state index contributed by atoms with van der Waals surface area (Å²) in [7, 11) is 0. The smallest absolute Gasteiger partial charge is 0.437 e. The van der Waals surface area contributed by atoms with Crippen molar-refractivity contribution in [1.82, 2.24) is 20.4 Å². The van der Waals surface area contributed by atoms with Crippen molar-refractivity contribution >= 4 is 29.7 Å². The SMILES string of the molecule is CC(C)(C)OC(=O)N=C(NC(=O)OC(C)(C)C)N(CCCNC(c1ccccc1)(c1ccccc1)c1ccccc1)c1cnn2c1NCC2. The molecule has 11 nitrogen and oxygen atoms in total. The standard InChI is InChI=1S/C38H47N7O4/c1-36(2,3)48-34(46)42-33(43-35(47)49-37(4,5)6)44(31-27-41-45-26-24-39-32(31)45)25-16-23-40-38(28-17-10-7-11-18-28,29-19-12-8-13-20-29)30-21-14-9-15-22-30/h7-15,17-22,27,39-40H,16,23-26H2,1-6H3,(H,42,43,46,47). The van der Waals surface area contributed by atoms with E-state index in [-0.39, 0.29) is 5.96 Å². The first-order valence-corrected chi connectivity index (χ1v) is 16.7. The van der Waals surface area contributed by atoms with Crippen LogP contribution < -0.4 is 20.9 Å². The van der Waals surface area contributed by atoms with Crippen LogP contribution >= 0.6 is 0 Å². The predicted molar refractivity (Wildman–Crippen MR) is 193 cm³/mol. The Hall–Kier alpha value is -5.16. The number of aliphatic imine (C=N–C) groups is 1. The summed E-state index contributed by atoms with van der Waals surface area (Å²) in [4.78, 5) is 32.3. The lowest BCUT2D eigenvalue weighted by atomic mass is 9.77. The molecule has 1 aliphatic rings. The van der Waals surface area contributed by atoms with E-state index in [1.807, 2.05) is 22.9 Å². The molecule has 0 atom stereocenters. The third-order valence-corrected chi connectivity index (χ3v) is 7.76. The number of aromatic nitrogens is 2. The number of hydrogen-bond donors (Lipinski definition) is 3. The molecule has 0 bridgehead atoms. The van der Waals surface area contributed by atoms with E-state index in [1.54, 1.807) is 52.6 Å². The van der Waals surface area contributed by atoms with Crippen molar-refractivity contribution < 1.29 is 19.1 Å². The molecule has 0 aliphatic carbocycles. The van der Waals surface area contributed by atoms with Crippen LogP contribution in [0.1, 0.15) is 64.7 Å². The van der Waals surface area contributed by atoms with E-state index >= 15 is 0 Å².